The third-order valence-electron chi connectivity index (χ3n) is 5.21. The molecule has 0 aromatic rings. The largest absolute Gasteiger partial charge is 0.469 e. The zero-order chi connectivity index (χ0) is 20.2. The highest BCUT2D eigenvalue weighted by Crippen LogP contribution is 2.42. The number of nitrogens with zero attached hydrogens (tertiary/aromatic N) is 1. The molecule has 0 aromatic carbocycles. The normalized spacial score (nSPS) is 27.0. The van der Waals surface area contributed by atoms with Gasteiger partial charge in [0.25, 0.3) is 0 Å². The van der Waals surface area contributed by atoms with E-state index in [4.69, 9.17) is 14.3 Å². The smallest absolute Gasteiger partial charge is 0.407 e. The maximum Gasteiger partial charge on any atom is 0.407 e. The minimum atomic E-state index is -0.583. The van der Waals surface area contributed by atoms with Crippen molar-refractivity contribution < 1.29 is 23.9 Å². The van der Waals surface area contributed by atoms with E-state index in [0.717, 1.165) is 31.4 Å². The predicted octanol–water partition coefficient (Wildman–Crippen LogP) is 3.66. The Bertz CT molecular complexity index is 563. The third kappa shape index (κ3) is 5.14. The number of alkyl carbamates (subject to hydrolysis) is 1. The molecular weight excluding hydrogens is 348 g/mol. The molecule has 7 nitrogen and oxygen atoms in total. The molecular formula is C20H34N2O5. The van der Waals surface area contributed by atoms with Crippen molar-refractivity contribution in [2.45, 2.75) is 84.5 Å². The van der Waals surface area contributed by atoms with Crippen LogP contribution in [0.15, 0.2) is 5.16 Å². The highest BCUT2D eigenvalue weighted by atomic mass is 16.6. The van der Waals surface area contributed by atoms with Crippen molar-refractivity contribution in [3.63, 3.8) is 0 Å². The van der Waals surface area contributed by atoms with Crippen LogP contribution in [0.2, 0.25) is 0 Å². The Morgan fingerprint density at radius 2 is 1.89 bits per heavy atom. The molecule has 2 aliphatic rings. The number of esters is 1. The molecule has 1 N–H and O–H groups in total. The summed E-state index contributed by atoms with van der Waals surface area (Å²) in [4.78, 5) is 30.3. The van der Waals surface area contributed by atoms with Gasteiger partial charge in [0.1, 0.15) is 5.60 Å². The fraction of sp³-hybridized carbons (Fsp3) is 0.850. The number of nitrogens with one attached hydrogen (secondary N) is 1. The van der Waals surface area contributed by atoms with Crippen LogP contribution in [0.4, 0.5) is 4.79 Å². The van der Waals surface area contributed by atoms with Gasteiger partial charge in [0, 0.05) is 12.0 Å². The molecule has 0 bridgehead atoms. The first-order chi connectivity index (χ1) is 12.7. The molecule has 1 fully saturated rings. The van der Waals surface area contributed by atoms with Gasteiger partial charge in [-0.2, -0.15) is 0 Å². The summed E-state index contributed by atoms with van der Waals surface area (Å²) in [5.74, 6) is -0.582. The van der Waals surface area contributed by atoms with Gasteiger partial charge in [-0.05, 0) is 40.0 Å². The molecule has 0 unspecified atom stereocenters. The van der Waals surface area contributed by atoms with E-state index in [0.29, 0.717) is 12.3 Å². The lowest BCUT2D eigenvalue weighted by Gasteiger charge is -2.26. The lowest BCUT2D eigenvalue weighted by Crippen LogP contribution is -2.45. The summed E-state index contributed by atoms with van der Waals surface area (Å²) >= 11 is 0. The highest BCUT2D eigenvalue weighted by molar-refractivity contribution is 5.93. The first-order valence-corrected chi connectivity index (χ1v) is 10.0. The van der Waals surface area contributed by atoms with Gasteiger partial charge >= 0.3 is 12.1 Å². The van der Waals surface area contributed by atoms with Crippen molar-refractivity contribution in [1.29, 1.82) is 0 Å². The van der Waals surface area contributed by atoms with Gasteiger partial charge in [0.2, 0.25) is 0 Å². The lowest BCUT2D eigenvalue weighted by molar-refractivity contribution is -0.149. The van der Waals surface area contributed by atoms with Crippen LogP contribution < -0.4 is 5.32 Å². The minimum Gasteiger partial charge on any atom is -0.469 e. The second-order valence-electron chi connectivity index (χ2n) is 8.50. The molecule has 2 rings (SSSR count). The van der Waals surface area contributed by atoms with E-state index in [1.807, 2.05) is 20.8 Å². The summed E-state index contributed by atoms with van der Waals surface area (Å²) in [6.07, 6.45) is 3.72. The molecule has 0 saturated heterocycles. The second kappa shape index (κ2) is 8.93. The number of ether oxygens (including phenoxy) is 2. The van der Waals surface area contributed by atoms with Crippen LogP contribution in [-0.2, 0) is 19.1 Å². The molecule has 27 heavy (non-hydrogen) atoms. The van der Waals surface area contributed by atoms with Crippen molar-refractivity contribution in [2.75, 3.05) is 7.11 Å². The van der Waals surface area contributed by atoms with Crippen LogP contribution in [-0.4, -0.2) is 42.6 Å². The Labute approximate surface area is 162 Å². The van der Waals surface area contributed by atoms with Crippen molar-refractivity contribution in [3.05, 3.63) is 0 Å². The third-order valence-corrected chi connectivity index (χ3v) is 5.21. The van der Waals surface area contributed by atoms with E-state index in [2.05, 4.69) is 24.3 Å². The number of fused-ring (bicyclic) bond motifs is 1. The zero-order valence-corrected chi connectivity index (χ0v) is 17.4. The molecule has 154 valence electrons. The standard InChI is InChI=1S/C20H34N2O5/c1-7-9-12(10-8-2)16-15-14(21-19(24)26-20(3,4)5)11-13(18(23)25-6)17(15)27-22-16/h12-15,17H,7-11H2,1-6H3,(H,21,24)/t13-,14+,15+,17+/m0/s1. The molecule has 4 atom stereocenters. The lowest BCUT2D eigenvalue weighted by atomic mass is 9.82. The van der Waals surface area contributed by atoms with Gasteiger partial charge in [0.05, 0.1) is 24.7 Å². The van der Waals surface area contributed by atoms with E-state index in [9.17, 15) is 9.59 Å². The number of carbonyl (C=O) groups excluding carboxylic acids is 2. The number of hydrogen-bond donors (Lipinski definition) is 1. The average molecular weight is 383 g/mol. The van der Waals surface area contributed by atoms with Gasteiger partial charge < -0.3 is 19.6 Å². The van der Waals surface area contributed by atoms with E-state index in [1.165, 1.54) is 7.11 Å². The van der Waals surface area contributed by atoms with E-state index >= 15 is 0 Å². The molecule has 1 heterocycles. The quantitative estimate of drug-likeness (QED) is 0.679. The fourth-order valence-corrected chi connectivity index (χ4v) is 4.20. The molecule has 0 spiro atoms. The maximum absolute atomic E-state index is 12.3. The molecule has 1 aliphatic carbocycles. The number of methoxy groups -OCH3 is 1. The summed E-state index contributed by atoms with van der Waals surface area (Å²) in [6, 6.07) is -0.258. The van der Waals surface area contributed by atoms with Crippen LogP contribution in [0, 0.1) is 17.8 Å². The van der Waals surface area contributed by atoms with Crippen LogP contribution in [0.5, 0.6) is 0 Å². The van der Waals surface area contributed by atoms with Gasteiger partial charge in [0.15, 0.2) is 6.10 Å². The molecule has 1 aliphatic heterocycles. The molecule has 7 heteroatoms. The van der Waals surface area contributed by atoms with Crippen molar-refractivity contribution in [2.24, 2.45) is 22.9 Å². The Hall–Kier alpha value is -1.79. The van der Waals surface area contributed by atoms with E-state index in [-0.39, 0.29) is 24.0 Å². The highest BCUT2D eigenvalue weighted by Gasteiger charge is 2.55. The fourth-order valence-electron chi connectivity index (χ4n) is 4.20. The number of hydrogen-bond acceptors (Lipinski definition) is 6. The second-order valence-corrected chi connectivity index (χ2v) is 8.50. The Morgan fingerprint density at radius 1 is 1.26 bits per heavy atom. The summed E-state index contributed by atoms with van der Waals surface area (Å²) in [7, 11) is 1.37. The average Bonchev–Trinajstić information content (AvgIpc) is 3.13. The summed E-state index contributed by atoms with van der Waals surface area (Å²) in [5, 5.41) is 7.33. The molecule has 0 radical (unpaired) electrons. The number of oxime groups is 1. The van der Waals surface area contributed by atoms with Crippen LogP contribution in [0.3, 0.4) is 0 Å². The van der Waals surface area contributed by atoms with Crippen molar-refractivity contribution in [1.82, 2.24) is 5.32 Å². The van der Waals surface area contributed by atoms with E-state index < -0.39 is 17.6 Å². The number of carbonyl (C=O) groups is 2. The zero-order valence-electron chi connectivity index (χ0n) is 17.4. The predicted molar refractivity (Wildman–Crippen MR) is 102 cm³/mol. The monoisotopic (exact) mass is 382 g/mol. The summed E-state index contributed by atoms with van der Waals surface area (Å²) in [6.45, 7) is 9.78. The molecule has 1 saturated carbocycles. The van der Waals surface area contributed by atoms with Gasteiger partial charge in [-0.15, -0.1) is 0 Å². The Kier molecular flexibility index (Phi) is 7.12. The summed E-state index contributed by atoms with van der Waals surface area (Å²) in [5.41, 5.74) is 0.385. The molecule has 1 amide bonds. The topological polar surface area (TPSA) is 86.2 Å². The van der Waals surface area contributed by atoms with Crippen LogP contribution in [0.1, 0.15) is 66.7 Å². The van der Waals surface area contributed by atoms with Gasteiger partial charge in [-0.1, -0.05) is 31.8 Å². The van der Waals surface area contributed by atoms with Crippen molar-refractivity contribution in [3.8, 4) is 0 Å². The van der Waals surface area contributed by atoms with Crippen LogP contribution in [0.25, 0.3) is 0 Å². The number of amides is 1. The van der Waals surface area contributed by atoms with Crippen molar-refractivity contribution >= 4 is 17.8 Å². The van der Waals surface area contributed by atoms with Gasteiger partial charge in [-0.3, -0.25) is 4.79 Å². The first-order valence-electron chi connectivity index (χ1n) is 10.0. The van der Waals surface area contributed by atoms with Crippen LogP contribution >= 0.6 is 0 Å². The Balaban J connectivity index is 2.22. The SMILES string of the molecule is CCCC(CCC)C1=NO[C@H]2[C@@H]1[C@H](NC(=O)OC(C)(C)C)C[C@@H]2C(=O)OC. The summed E-state index contributed by atoms with van der Waals surface area (Å²) < 4.78 is 10.4. The Morgan fingerprint density at radius 3 is 2.41 bits per heavy atom. The maximum atomic E-state index is 12.3. The van der Waals surface area contributed by atoms with E-state index in [1.54, 1.807) is 0 Å². The minimum absolute atomic E-state index is 0.121. The van der Waals surface area contributed by atoms with Gasteiger partial charge in [-0.25, -0.2) is 4.79 Å². The number of rotatable bonds is 7. The first kappa shape index (κ1) is 21.5. The molecule has 0 aromatic heterocycles.